The van der Waals surface area contributed by atoms with E-state index >= 15 is 0 Å². The molecule has 0 bridgehead atoms. The molecule has 0 spiro atoms. The smallest absolute Gasteiger partial charge is 0.327 e. The highest BCUT2D eigenvalue weighted by Gasteiger charge is 2.36. The third kappa shape index (κ3) is 2.80. The summed E-state index contributed by atoms with van der Waals surface area (Å²) < 4.78 is 65.4. The number of H-pyrrole nitrogens is 1. The van der Waals surface area contributed by atoms with E-state index < -0.39 is 45.1 Å². The lowest BCUT2D eigenvalue weighted by molar-refractivity contribution is -0.142. The van der Waals surface area contributed by atoms with Crippen LogP contribution in [-0.4, -0.2) is 9.55 Å². The van der Waals surface area contributed by atoms with E-state index in [1.54, 1.807) is 0 Å². The maximum absolute atomic E-state index is 13.8. The number of alkyl halides is 3. The Morgan fingerprint density at radius 2 is 1.91 bits per heavy atom. The number of rotatable bonds is 2. The molecule has 1 N–H and O–H groups in total. The number of hydrogen-bond acceptors (Lipinski definition) is 2. The molecular formula is C13H9F5N2OS. The zero-order valence-electron chi connectivity index (χ0n) is 11.1. The molecule has 0 saturated heterocycles. The van der Waals surface area contributed by atoms with Gasteiger partial charge in [0.25, 0.3) is 5.56 Å². The second-order valence-electron chi connectivity index (χ2n) is 4.37. The molecule has 0 unspecified atom stereocenters. The number of nitrogens with zero attached hydrogens (tertiary/aromatic N) is 1. The van der Waals surface area contributed by atoms with Gasteiger partial charge in [-0.15, -0.1) is 0 Å². The standard InChI is InChI=1S/C13H9F5N2OS/c1-2-7-10(13(16,17)18)19-12(22)20(11(7)21)9-4-3-6(14)5-8(9)15/h3-5H,2H2,1H3,(H,19,22). The van der Waals surface area contributed by atoms with Crippen LogP contribution in [0.2, 0.25) is 0 Å². The molecule has 118 valence electrons. The summed E-state index contributed by atoms with van der Waals surface area (Å²) in [5.74, 6) is -1.99. The van der Waals surface area contributed by atoms with E-state index in [9.17, 15) is 26.7 Å². The third-order valence-corrected chi connectivity index (χ3v) is 3.27. The minimum absolute atomic E-state index is 0.234. The van der Waals surface area contributed by atoms with E-state index in [-0.39, 0.29) is 6.42 Å². The highest BCUT2D eigenvalue weighted by atomic mass is 32.1. The van der Waals surface area contributed by atoms with Crippen molar-refractivity contribution in [1.29, 1.82) is 0 Å². The minimum atomic E-state index is -4.79. The molecule has 2 rings (SSSR count). The summed E-state index contributed by atoms with van der Waals surface area (Å²) in [5, 5.41) is 0. The zero-order chi connectivity index (χ0) is 16.7. The number of aromatic nitrogens is 2. The quantitative estimate of drug-likeness (QED) is 0.670. The highest BCUT2D eigenvalue weighted by molar-refractivity contribution is 7.71. The van der Waals surface area contributed by atoms with Crippen LogP contribution >= 0.6 is 12.2 Å². The second kappa shape index (κ2) is 5.64. The molecule has 0 aliphatic carbocycles. The minimum Gasteiger partial charge on any atom is -0.327 e. The van der Waals surface area contributed by atoms with Gasteiger partial charge in [0, 0.05) is 11.6 Å². The third-order valence-electron chi connectivity index (χ3n) is 2.99. The first-order valence-electron chi connectivity index (χ1n) is 6.07. The summed E-state index contributed by atoms with van der Waals surface area (Å²) in [4.78, 5) is 14.2. The molecule has 9 heteroatoms. The molecule has 0 aliphatic heterocycles. The first kappa shape index (κ1) is 16.3. The van der Waals surface area contributed by atoms with Gasteiger partial charge in [0.05, 0.1) is 5.69 Å². The van der Waals surface area contributed by atoms with E-state index in [2.05, 4.69) is 0 Å². The Labute approximate surface area is 126 Å². The van der Waals surface area contributed by atoms with Gasteiger partial charge in [-0.05, 0) is 30.8 Å². The second-order valence-corrected chi connectivity index (χ2v) is 4.76. The van der Waals surface area contributed by atoms with Gasteiger partial charge in [-0.2, -0.15) is 13.2 Å². The van der Waals surface area contributed by atoms with Crippen LogP contribution in [-0.2, 0) is 12.6 Å². The Balaban J connectivity index is 2.85. The van der Waals surface area contributed by atoms with Crippen LogP contribution in [0.1, 0.15) is 18.2 Å². The van der Waals surface area contributed by atoms with Gasteiger partial charge in [-0.25, -0.2) is 8.78 Å². The van der Waals surface area contributed by atoms with Gasteiger partial charge in [0.2, 0.25) is 0 Å². The fourth-order valence-corrected chi connectivity index (χ4v) is 2.31. The van der Waals surface area contributed by atoms with Crippen LogP contribution < -0.4 is 5.56 Å². The van der Waals surface area contributed by atoms with E-state index in [1.807, 2.05) is 4.98 Å². The van der Waals surface area contributed by atoms with E-state index in [4.69, 9.17) is 12.2 Å². The molecule has 2 aromatic rings. The monoisotopic (exact) mass is 336 g/mol. The highest BCUT2D eigenvalue weighted by Crippen LogP contribution is 2.29. The van der Waals surface area contributed by atoms with E-state index in [1.165, 1.54) is 6.92 Å². The Morgan fingerprint density at radius 3 is 2.41 bits per heavy atom. The Morgan fingerprint density at radius 1 is 1.27 bits per heavy atom. The van der Waals surface area contributed by atoms with Crippen molar-refractivity contribution in [1.82, 2.24) is 9.55 Å². The summed E-state index contributed by atoms with van der Waals surface area (Å²) in [6.45, 7) is 1.36. The zero-order valence-corrected chi connectivity index (χ0v) is 11.9. The summed E-state index contributed by atoms with van der Waals surface area (Å²) >= 11 is 4.72. The lowest BCUT2D eigenvalue weighted by Gasteiger charge is -2.15. The molecule has 22 heavy (non-hydrogen) atoms. The summed E-state index contributed by atoms with van der Waals surface area (Å²) in [5.41, 5.74) is -3.35. The van der Waals surface area contributed by atoms with Gasteiger partial charge in [0.15, 0.2) is 4.77 Å². The average Bonchev–Trinajstić information content (AvgIpc) is 2.39. The van der Waals surface area contributed by atoms with Crippen LogP contribution in [0, 0.1) is 16.4 Å². The molecule has 1 heterocycles. The molecule has 3 nitrogen and oxygen atoms in total. The molecular weight excluding hydrogens is 327 g/mol. The van der Waals surface area contributed by atoms with Gasteiger partial charge >= 0.3 is 6.18 Å². The largest absolute Gasteiger partial charge is 0.431 e. The van der Waals surface area contributed by atoms with Crippen molar-refractivity contribution in [3.63, 3.8) is 0 Å². The Hall–Kier alpha value is -2.03. The number of aromatic amines is 1. The Bertz CT molecular complexity index is 838. The number of benzene rings is 1. The fourth-order valence-electron chi connectivity index (χ4n) is 2.02. The normalized spacial score (nSPS) is 11.7. The molecule has 0 atom stereocenters. The number of halogens is 5. The first-order valence-corrected chi connectivity index (χ1v) is 6.48. The van der Waals surface area contributed by atoms with Gasteiger partial charge in [-0.3, -0.25) is 9.36 Å². The molecule has 0 aliphatic rings. The van der Waals surface area contributed by atoms with Gasteiger partial charge < -0.3 is 4.98 Å². The maximum Gasteiger partial charge on any atom is 0.431 e. The lowest BCUT2D eigenvalue weighted by atomic mass is 10.1. The van der Waals surface area contributed by atoms with Crippen LogP contribution in [0.5, 0.6) is 0 Å². The number of hydrogen-bond donors (Lipinski definition) is 1. The first-order chi connectivity index (χ1) is 10.2. The Kier molecular flexibility index (Phi) is 4.19. The van der Waals surface area contributed by atoms with Crippen molar-refractivity contribution >= 4 is 12.2 Å². The van der Waals surface area contributed by atoms with Crippen molar-refractivity contribution in [2.75, 3.05) is 0 Å². The fraction of sp³-hybridized carbons (Fsp3) is 0.231. The van der Waals surface area contributed by atoms with E-state index in [0.717, 1.165) is 12.1 Å². The van der Waals surface area contributed by atoms with E-state index in [0.29, 0.717) is 10.6 Å². The van der Waals surface area contributed by atoms with Crippen LogP contribution in [0.3, 0.4) is 0 Å². The van der Waals surface area contributed by atoms with Crippen molar-refractivity contribution in [3.05, 3.63) is 56.2 Å². The van der Waals surface area contributed by atoms with Crippen LogP contribution in [0.15, 0.2) is 23.0 Å². The van der Waals surface area contributed by atoms with Gasteiger partial charge in [-0.1, -0.05) is 6.92 Å². The van der Waals surface area contributed by atoms with Crippen LogP contribution in [0.4, 0.5) is 22.0 Å². The van der Waals surface area contributed by atoms with Crippen molar-refractivity contribution < 1.29 is 22.0 Å². The lowest BCUT2D eigenvalue weighted by Crippen LogP contribution is -2.29. The SMILES string of the molecule is CCc1c(C(F)(F)F)[nH]c(=S)n(-c2ccc(F)cc2F)c1=O. The summed E-state index contributed by atoms with van der Waals surface area (Å²) in [7, 11) is 0. The van der Waals surface area contributed by atoms with Gasteiger partial charge in [0.1, 0.15) is 17.3 Å². The predicted octanol–water partition coefficient (Wildman–Crippen LogP) is 3.75. The molecule has 1 aromatic carbocycles. The van der Waals surface area contributed by atoms with Crippen molar-refractivity contribution in [3.8, 4) is 5.69 Å². The van der Waals surface area contributed by atoms with Crippen LogP contribution in [0.25, 0.3) is 5.69 Å². The molecule has 0 radical (unpaired) electrons. The molecule has 0 saturated carbocycles. The topological polar surface area (TPSA) is 37.8 Å². The molecule has 0 fully saturated rings. The molecule has 0 amide bonds. The predicted molar refractivity (Wildman–Crippen MR) is 71.5 cm³/mol. The van der Waals surface area contributed by atoms with Crippen molar-refractivity contribution in [2.24, 2.45) is 0 Å². The number of nitrogens with one attached hydrogen (secondary N) is 1. The average molecular weight is 336 g/mol. The van der Waals surface area contributed by atoms with Crippen molar-refractivity contribution in [2.45, 2.75) is 19.5 Å². The summed E-state index contributed by atoms with van der Waals surface area (Å²) in [6, 6.07) is 2.32. The summed E-state index contributed by atoms with van der Waals surface area (Å²) in [6.07, 6.45) is -5.03. The maximum atomic E-state index is 13.8. The molecule has 1 aromatic heterocycles.